The number of halogens is 1. The number of urea groups is 1. The Balaban J connectivity index is 2.25. The second-order valence-electron chi connectivity index (χ2n) is 5.73. The highest BCUT2D eigenvalue weighted by molar-refractivity contribution is 9.10. The summed E-state index contributed by atoms with van der Waals surface area (Å²) in [6.07, 6.45) is 1.26. The molecule has 0 atom stereocenters. The number of nitrogens with zero attached hydrogens (tertiary/aromatic N) is 2. The third-order valence-corrected chi connectivity index (χ3v) is 4.28. The zero-order valence-electron chi connectivity index (χ0n) is 15.5. The monoisotopic (exact) mass is 474 g/mol. The van der Waals surface area contributed by atoms with Crippen LogP contribution in [0.4, 0.5) is 10.5 Å². The number of nitrogens with one attached hydrogen (secondary N) is 1. The Kier molecular flexibility index (Phi) is 7.49. The van der Waals surface area contributed by atoms with Crippen LogP contribution in [-0.4, -0.2) is 24.0 Å². The van der Waals surface area contributed by atoms with E-state index in [1.807, 2.05) is 5.32 Å². The Hall–Kier alpha value is -3.91. The lowest BCUT2D eigenvalue weighted by Crippen LogP contribution is -2.35. The number of ether oxygens (including phenoxy) is 2. The van der Waals surface area contributed by atoms with Gasteiger partial charge in [0.15, 0.2) is 11.5 Å². The molecule has 0 radical (unpaired) electrons. The van der Waals surface area contributed by atoms with Crippen molar-refractivity contribution in [1.29, 1.82) is 5.26 Å². The van der Waals surface area contributed by atoms with Crippen molar-refractivity contribution in [2.75, 3.05) is 7.11 Å². The summed E-state index contributed by atoms with van der Waals surface area (Å²) in [5, 5.41) is 21.7. The highest BCUT2D eigenvalue weighted by Gasteiger charge is 2.15. The predicted octanol–water partition coefficient (Wildman–Crippen LogP) is 3.05. The second kappa shape index (κ2) is 10.0. The first-order valence-electron chi connectivity index (χ1n) is 8.21. The van der Waals surface area contributed by atoms with Crippen LogP contribution >= 0.6 is 15.9 Å². The molecule has 2 rings (SSSR count). The molecule has 0 aliphatic heterocycles. The molecule has 0 fully saturated rings. The van der Waals surface area contributed by atoms with Gasteiger partial charge in [0, 0.05) is 12.1 Å². The molecule has 3 amide bonds. The Morgan fingerprint density at radius 3 is 2.53 bits per heavy atom. The van der Waals surface area contributed by atoms with E-state index in [0.29, 0.717) is 27.1 Å². The summed E-state index contributed by atoms with van der Waals surface area (Å²) in [5.74, 6) is -0.267. The minimum Gasteiger partial charge on any atom is -0.493 e. The van der Waals surface area contributed by atoms with Crippen molar-refractivity contribution in [2.45, 2.75) is 6.61 Å². The Bertz CT molecular complexity index is 1060. The summed E-state index contributed by atoms with van der Waals surface area (Å²) >= 11 is 3.35. The van der Waals surface area contributed by atoms with Crippen LogP contribution in [-0.2, 0) is 11.4 Å². The van der Waals surface area contributed by atoms with E-state index in [4.69, 9.17) is 20.5 Å². The van der Waals surface area contributed by atoms with Crippen LogP contribution in [0, 0.1) is 21.4 Å². The number of primary amides is 1. The Morgan fingerprint density at radius 1 is 1.33 bits per heavy atom. The number of imide groups is 1. The molecule has 30 heavy (non-hydrogen) atoms. The summed E-state index contributed by atoms with van der Waals surface area (Å²) in [5.41, 5.74) is 5.66. The topological polar surface area (TPSA) is 158 Å². The molecule has 3 N–H and O–H groups in total. The van der Waals surface area contributed by atoms with Crippen molar-refractivity contribution in [2.24, 2.45) is 5.73 Å². The summed E-state index contributed by atoms with van der Waals surface area (Å²) in [7, 11) is 1.42. The second-order valence-corrected chi connectivity index (χ2v) is 6.59. The number of hydrogen-bond donors (Lipinski definition) is 2. The number of hydrogen-bond acceptors (Lipinski definition) is 7. The standard InChI is InChI=1S/C19H15BrN4O6/c1-29-16-8-12(6-13(9-21)18(25)23-19(22)26)7-15(20)17(16)30-10-11-2-4-14(5-3-11)24(27)28/h2-8H,10H2,1H3,(H3,22,23,25,26)/b13-6-. The molecule has 154 valence electrons. The lowest BCUT2D eigenvalue weighted by Gasteiger charge is -2.14. The van der Waals surface area contributed by atoms with Crippen LogP contribution < -0.4 is 20.5 Å². The van der Waals surface area contributed by atoms with Crippen LogP contribution in [0.15, 0.2) is 46.4 Å². The average molecular weight is 475 g/mol. The number of nitro groups is 1. The van der Waals surface area contributed by atoms with Crippen LogP contribution in [0.3, 0.4) is 0 Å². The summed E-state index contributed by atoms with van der Waals surface area (Å²) < 4.78 is 11.6. The van der Waals surface area contributed by atoms with Gasteiger partial charge in [0.2, 0.25) is 0 Å². The van der Waals surface area contributed by atoms with Crippen molar-refractivity contribution in [3.05, 3.63) is 67.7 Å². The Labute approximate surface area is 179 Å². The molecule has 0 unspecified atom stereocenters. The van der Waals surface area contributed by atoms with Gasteiger partial charge in [-0.25, -0.2) is 4.79 Å². The highest BCUT2D eigenvalue weighted by atomic mass is 79.9. The zero-order chi connectivity index (χ0) is 22.3. The highest BCUT2D eigenvalue weighted by Crippen LogP contribution is 2.37. The molecule has 2 aromatic rings. The molecule has 0 bridgehead atoms. The number of benzene rings is 2. The summed E-state index contributed by atoms with van der Waals surface area (Å²) in [6.45, 7) is 0.118. The predicted molar refractivity (Wildman–Crippen MR) is 109 cm³/mol. The number of non-ortho nitro benzene ring substituents is 1. The maximum Gasteiger partial charge on any atom is 0.319 e. The molecule has 0 saturated carbocycles. The third kappa shape index (κ3) is 5.79. The molecular weight excluding hydrogens is 460 g/mol. The van der Waals surface area contributed by atoms with E-state index in [9.17, 15) is 19.7 Å². The molecule has 0 aromatic heterocycles. The van der Waals surface area contributed by atoms with Crippen molar-refractivity contribution < 1.29 is 24.0 Å². The SMILES string of the molecule is COc1cc(/C=C(/C#N)C(=O)NC(N)=O)cc(Br)c1OCc1ccc([N+](=O)[O-])cc1. The van der Waals surface area contributed by atoms with E-state index < -0.39 is 16.9 Å². The van der Waals surface area contributed by atoms with Gasteiger partial charge in [-0.3, -0.25) is 20.2 Å². The van der Waals surface area contributed by atoms with Crippen molar-refractivity contribution in [1.82, 2.24) is 5.32 Å². The molecule has 0 spiro atoms. The summed E-state index contributed by atoms with van der Waals surface area (Å²) in [4.78, 5) is 32.8. The number of rotatable bonds is 7. The van der Waals surface area contributed by atoms with Gasteiger partial charge in [0.25, 0.3) is 11.6 Å². The number of nitro benzene ring substituents is 1. The fourth-order valence-corrected chi connectivity index (χ4v) is 2.90. The van der Waals surface area contributed by atoms with Crippen LogP contribution in [0.1, 0.15) is 11.1 Å². The maximum atomic E-state index is 11.8. The normalized spacial score (nSPS) is 10.6. The Morgan fingerprint density at radius 2 is 2.00 bits per heavy atom. The number of carbonyl (C=O) groups excluding carboxylic acids is 2. The van der Waals surface area contributed by atoms with Gasteiger partial charge in [0.1, 0.15) is 18.2 Å². The lowest BCUT2D eigenvalue weighted by atomic mass is 10.1. The number of nitrogens with two attached hydrogens (primary N) is 1. The van der Waals surface area contributed by atoms with Crippen molar-refractivity contribution >= 4 is 39.6 Å². The number of methoxy groups -OCH3 is 1. The van der Waals surface area contributed by atoms with E-state index in [-0.39, 0.29) is 17.9 Å². The molecular formula is C19H15BrN4O6. The quantitative estimate of drug-likeness (QED) is 0.270. The van der Waals surface area contributed by atoms with E-state index in [2.05, 4.69) is 15.9 Å². The fourth-order valence-electron chi connectivity index (χ4n) is 2.33. The first-order valence-corrected chi connectivity index (χ1v) is 9.00. The van der Waals surface area contributed by atoms with Gasteiger partial charge in [-0.2, -0.15) is 5.26 Å². The fraction of sp³-hybridized carbons (Fsp3) is 0.105. The van der Waals surface area contributed by atoms with E-state index in [0.717, 1.165) is 0 Å². The smallest absolute Gasteiger partial charge is 0.319 e. The van der Waals surface area contributed by atoms with Gasteiger partial charge in [-0.1, -0.05) is 0 Å². The maximum absolute atomic E-state index is 11.8. The number of amides is 3. The minimum absolute atomic E-state index is 0.0256. The van der Waals surface area contributed by atoms with Gasteiger partial charge < -0.3 is 15.2 Å². The molecule has 0 aliphatic carbocycles. The first-order chi connectivity index (χ1) is 14.2. The van der Waals surface area contributed by atoms with Gasteiger partial charge in [-0.05, 0) is 57.4 Å². The van der Waals surface area contributed by atoms with Crippen LogP contribution in [0.5, 0.6) is 11.5 Å². The minimum atomic E-state index is -1.07. The van der Waals surface area contributed by atoms with Crippen LogP contribution in [0.2, 0.25) is 0 Å². The molecule has 11 heteroatoms. The van der Waals surface area contributed by atoms with E-state index in [1.165, 1.54) is 31.4 Å². The third-order valence-electron chi connectivity index (χ3n) is 3.69. The average Bonchev–Trinajstić information content (AvgIpc) is 2.70. The zero-order valence-corrected chi connectivity index (χ0v) is 17.1. The van der Waals surface area contributed by atoms with Crippen molar-refractivity contribution in [3.63, 3.8) is 0 Å². The van der Waals surface area contributed by atoms with Gasteiger partial charge >= 0.3 is 6.03 Å². The van der Waals surface area contributed by atoms with Crippen molar-refractivity contribution in [3.8, 4) is 17.6 Å². The molecule has 0 heterocycles. The molecule has 10 nitrogen and oxygen atoms in total. The molecule has 2 aromatic carbocycles. The molecule has 0 saturated heterocycles. The first kappa shape index (κ1) is 22.4. The van der Waals surface area contributed by atoms with Gasteiger partial charge in [0.05, 0.1) is 16.5 Å². The number of nitriles is 1. The van der Waals surface area contributed by atoms with E-state index >= 15 is 0 Å². The molecule has 0 aliphatic rings. The van der Waals surface area contributed by atoms with Gasteiger partial charge in [-0.15, -0.1) is 0 Å². The summed E-state index contributed by atoms with van der Waals surface area (Å²) in [6, 6.07) is 9.64. The van der Waals surface area contributed by atoms with E-state index in [1.54, 1.807) is 24.3 Å². The number of carbonyl (C=O) groups is 2. The largest absolute Gasteiger partial charge is 0.493 e. The lowest BCUT2D eigenvalue weighted by molar-refractivity contribution is -0.384. The van der Waals surface area contributed by atoms with Crippen LogP contribution in [0.25, 0.3) is 6.08 Å².